The van der Waals surface area contributed by atoms with Crippen molar-refractivity contribution >= 4 is 17.3 Å². The highest BCUT2D eigenvalue weighted by atomic mass is 32.1. The molecule has 1 aromatic rings. The van der Waals surface area contributed by atoms with Gasteiger partial charge in [-0.1, -0.05) is 13.8 Å². The van der Waals surface area contributed by atoms with Crippen LogP contribution in [-0.2, 0) is 10.3 Å². The topological polar surface area (TPSA) is 59.4 Å². The van der Waals surface area contributed by atoms with E-state index >= 15 is 0 Å². The predicted octanol–water partition coefficient (Wildman–Crippen LogP) is 3.77. The van der Waals surface area contributed by atoms with Gasteiger partial charge < -0.3 is 9.84 Å². The van der Waals surface area contributed by atoms with Gasteiger partial charge in [0.25, 0.3) is 0 Å². The monoisotopic (exact) mass is 283 g/mol. The van der Waals surface area contributed by atoms with Crippen LogP contribution in [0.2, 0.25) is 0 Å². The van der Waals surface area contributed by atoms with Crippen LogP contribution in [0.3, 0.4) is 0 Å². The number of rotatable bonds is 7. The minimum absolute atomic E-state index is 0.351. The third-order valence-corrected chi connectivity index (χ3v) is 5.01. The van der Waals surface area contributed by atoms with E-state index in [0.717, 1.165) is 36.4 Å². The Morgan fingerprint density at radius 1 is 1.42 bits per heavy atom. The molecular formula is C14H21NO3S. The lowest BCUT2D eigenvalue weighted by atomic mass is 9.98. The average Bonchev–Trinajstić information content (AvgIpc) is 3.15. The summed E-state index contributed by atoms with van der Waals surface area (Å²) >= 11 is 1.30. The maximum absolute atomic E-state index is 11.4. The summed E-state index contributed by atoms with van der Waals surface area (Å²) in [5, 5.41) is 10.2. The van der Waals surface area contributed by atoms with Gasteiger partial charge >= 0.3 is 5.97 Å². The number of thiazole rings is 1. The van der Waals surface area contributed by atoms with E-state index in [9.17, 15) is 9.90 Å². The van der Waals surface area contributed by atoms with Gasteiger partial charge in [0.1, 0.15) is 15.5 Å². The van der Waals surface area contributed by atoms with E-state index in [1.807, 2.05) is 6.92 Å². The van der Waals surface area contributed by atoms with Crippen molar-refractivity contribution in [2.24, 2.45) is 0 Å². The number of aromatic carboxylic acids is 1. The van der Waals surface area contributed by atoms with Gasteiger partial charge in [-0.05, 0) is 32.6 Å². The number of hydrogen-bond donors (Lipinski definition) is 1. The molecule has 0 aromatic carbocycles. The molecule has 0 amide bonds. The van der Waals surface area contributed by atoms with Gasteiger partial charge in [-0.25, -0.2) is 9.78 Å². The summed E-state index contributed by atoms with van der Waals surface area (Å²) in [5.74, 6) is -0.507. The largest absolute Gasteiger partial charge is 0.477 e. The SMILES string of the molecule is CCOC(CC)(CC)c1nc(C2CC2)c(C(=O)O)s1. The van der Waals surface area contributed by atoms with Crippen molar-refractivity contribution in [1.82, 2.24) is 4.98 Å². The van der Waals surface area contributed by atoms with E-state index in [0.29, 0.717) is 17.4 Å². The number of hydrogen-bond acceptors (Lipinski definition) is 4. The summed E-state index contributed by atoms with van der Waals surface area (Å²) in [6.45, 7) is 6.71. The lowest BCUT2D eigenvalue weighted by molar-refractivity contribution is -0.0507. The van der Waals surface area contributed by atoms with Crippen molar-refractivity contribution in [3.8, 4) is 0 Å². The minimum atomic E-state index is -0.858. The molecule has 0 radical (unpaired) electrons. The number of carbonyl (C=O) groups is 1. The van der Waals surface area contributed by atoms with Gasteiger partial charge in [-0.2, -0.15) is 0 Å². The quantitative estimate of drug-likeness (QED) is 0.827. The van der Waals surface area contributed by atoms with Crippen molar-refractivity contribution in [2.45, 2.75) is 58.0 Å². The lowest BCUT2D eigenvalue weighted by Gasteiger charge is -2.29. The zero-order valence-corrected chi connectivity index (χ0v) is 12.5. The molecular weight excluding hydrogens is 262 g/mol. The Labute approximate surface area is 117 Å². The van der Waals surface area contributed by atoms with Crippen LogP contribution in [0, 0.1) is 0 Å². The summed E-state index contributed by atoms with van der Waals surface area (Å²) < 4.78 is 5.92. The normalized spacial score (nSPS) is 15.7. The maximum Gasteiger partial charge on any atom is 0.347 e. The van der Waals surface area contributed by atoms with Gasteiger partial charge in [-0.15, -0.1) is 11.3 Å². The van der Waals surface area contributed by atoms with Gasteiger partial charge in [0.05, 0.1) is 5.69 Å². The van der Waals surface area contributed by atoms with E-state index in [2.05, 4.69) is 18.8 Å². The summed E-state index contributed by atoms with van der Waals surface area (Å²) in [5.41, 5.74) is 0.356. The van der Waals surface area contributed by atoms with Crippen LogP contribution in [0.25, 0.3) is 0 Å². The number of ether oxygens (including phenoxy) is 1. The highest BCUT2D eigenvalue weighted by Gasteiger charge is 2.38. The van der Waals surface area contributed by atoms with E-state index in [1.165, 1.54) is 11.3 Å². The molecule has 0 atom stereocenters. The molecule has 0 unspecified atom stereocenters. The van der Waals surface area contributed by atoms with Crippen LogP contribution in [0.1, 0.15) is 72.7 Å². The number of aromatic nitrogens is 1. The third-order valence-electron chi connectivity index (χ3n) is 3.76. The molecule has 0 aliphatic heterocycles. The van der Waals surface area contributed by atoms with Crippen LogP contribution >= 0.6 is 11.3 Å². The highest BCUT2D eigenvalue weighted by molar-refractivity contribution is 7.13. The molecule has 1 fully saturated rings. The van der Waals surface area contributed by atoms with Gasteiger partial charge in [0, 0.05) is 12.5 Å². The molecule has 0 spiro atoms. The second kappa shape index (κ2) is 5.59. The fourth-order valence-electron chi connectivity index (χ4n) is 2.41. The minimum Gasteiger partial charge on any atom is -0.477 e. The van der Waals surface area contributed by atoms with E-state index in [1.54, 1.807) is 0 Å². The predicted molar refractivity (Wildman–Crippen MR) is 74.9 cm³/mol. The van der Waals surface area contributed by atoms with Crippen LogP contribution in [0.5, 0.6) is 0 Å². The number of nitrogens with zero attached hydrogens (tertiary/aromatic N) is 1. The molecule has 1 aliphatic carbocycles. The molecule has 1 saturated carbocycles. The molecule has 5 heteroatoms. The summed E-state index contributed by atoms with van der Waals surface area (Å²) in [4.78, 5) is 16.4. The Morgan fingerprint density at radius 2 is 2.05 bits per heavy atom. The fraction of sp³-hybridized carbons (Fsp3) is 0.714. The van der Waals surface area contributed by atoms with Crippen molar-refractivity contribution in [2.75, 3.05) is 6.61 Å². The first kappa shape index (κ1) is 14.5. The van der Waals surface area contributed by atoms with E-state index < -0.39 is 11.6 Å². The molecule has 106 valence electrons. The lowest BCUT2D eigenvalue weighted by Crippen LogP contribution is -2.28. The molecule has 1 aromatic heterocycles. The van der Waals surface area contributed by atoms with Crippen molar-refractivity contribution in [3.05, 3.63) is 15.6 Å². The van der Waals surface area contributed by atoms with Crippen molar-refractivity contribution < 1.29 is 14.6 Å². The van der Waals surface area contributed by atoms with Crippen LogP contribution < -0.4 is 0 Å². The molecule has 1 N–H and O–H groups in total. The Balaban J connectivity index is 2.42. The number of carboxylic acid groups (broad SMARTS) is 1. The Bertz CT molecular complexity index is 461. The van der Waals surface area contributed by atoms with E-state index in [4.69, 9.17) is 4.74 Å². The molecule has 1 heterocycles. The summed E-state index contributed by atoms with van der Waals surface area (Å²) in [6.07, 6.45) is 3.74. The van der Waals surface area contributed by atoms with Gasteiger partial charge in [-0.3, -0.25) is 0 Å². The Morgan fingerprint density at radius 3 is 2.47 bits per heavy atom. The molecule has 1 aliphatic rings. The molecule has 0 bridgehead atoms. The van der Waals surface area contributed by atoms with Crippen LogP contribution in [-0.4, -0.2) is 22.7 Å². The third kappa shape index (κ3) is 2.67. The highest BCUT2D eigenvalue weighted by Crippen LogP contribution is 2.45. The summed E-state index contributed by atoms with van der Waals surface area (Å²) in [6, 6.07) is 0. The van der Waals surface area contributed by atoms with Crippen molar-refractivity contribution in [1.29, 1.82) is 0 Å². The first-order chi connectivity index (χ1) is 9.07. The first-order valence-electron chi connectivity index (χ1n) is 6.96. The average molecular weight is 283 g/mol. The van der Waals surface area contributed by atoms with E-state index in [-0.39, 0.29) is 0 Å². The van der Waals surface area contributed by atoms with Gasteiger partial charge in [0.15, 0.2) is 0 Å². The Hall–Kier alpha value is -0.940. The second-order valence-electron chi connectivity index (χ2n) is 4.95. The van der Waals surface area contributed by atoms with Crippen molar-refractivity contribution in [3.63, 3.8) is 0 Å². The second-order valence-corrected chi connectivity index (χ2v) is 5.95. The van der Waals surface area contributed by atoms with Gasteiger partial charge in [0.2, 0.25) is 0 Å². The number of carboxylic acids is 1. The van der Waals surface area contributed by atoms with Crippen LogP contribution in [0.15, 0.2) is 0 Å². The molecule has 4 nitrogen and oxygen atoms in total. The first-order valence-corrected chi connectivity index (χ1v) is 7.78. The Kier molecular flexibility index (Phi) is 4.26. The standard InChI is InChI=1S/C14H21NO3S/c1-4-14(5-2,18-6-3)13-15-10(9-7-8-9)11(19-13)12(16)17/h9H,4-8H2,1-3H3,(H,16,17). The maximum atomic E-state index is 11.4. The molecule has 2 rings (SSSR count). The summed E-state index contributed by atoms with van der Waals surface area (Å²) in [7, 11) is 0. The van der Waals surface area contributed by atoms with Crippen LogP contribution in [0.4, 0.5) is 0 Å². The fourth-order valence-corrected chi connectivity index (χ4v) is 3.68. The molecule has 19 heavy (non-hydrogen) atoms. The smallest absolute Gasteiger partial charge is 0.347 e. The molecule has 0 saturated heterocycles. The zero-order chi connectivity index (χ0) is 14.0. The zero-order valence-electron chi connectivity index (χ0n) is 11.7.